The first-order valence-corrected chi connectivity index (χ1v) is 7.29. The van der Waals surface area contributed by atoms with Crippen molar-refractivity contribution in [3.63, 3.8) is 0 Å². The highest BCUT2D eigenvalue weighted by Gasteiger charge is 2.08. The highest BCUT2D eigenvalue weighted by Crippen LogP contribution is 2.24. The van der Waals surface area contributed by atoms with Crippen molar-refractivity contribution in [1.82, 2.24) is 0 Å². The van der Waals surface area contributed by atoms with Crippen molar-refractivity contribution in [2.45, 2.75) is 26.7 Å². The number of aryl methyl sites for hydroxylation is 3. The molecule has 0 aliphatic carbocycles. The van der Waals surface area contributed by atoms with Crippen LogP contribution in [0.15, 0.2) is 36.4 Å². The first-order chi connectivity index (χ1) is 10.5. The van der Waals surface area contributed by atoms with Gasteiger partial charge in [-0.05, 0) is 43.5 Å². The molecule has 0 saturated heterocycles. The lowest BCUT2D eigenvalue weighted by molar-refractivity contribution is -0.116. The zero-order valence-corrected chi connectivity index (χ0v) is 14.5. The summed E-state index contributed by atoms with van der Waals surface area (Å²) in [5, 5.41) is 2.84. The summed E-state index contributed by atoms with van der Waals surface area (Å²) in [6.07, 6.45) is 1.13. The number of anilines is 2. The summed E-state index contributed by atoms with van der Waals surface area (Å²) in [6, 6.07) is 11.5. The topological polar surface area (TPSA) is 64.3 Å². The van der Waals surface area contributed by atoms with E-state index >= 15 is 0 Å². The number of benzene rings is 2. The first kappa shape index (κ1) is 18.8. The number of hydrogen-bond acceptors (Lipinski definition) is 3. The number of nitrogens with one attached hydrogen (secondary N) is 1. The standard InChI is InChI=1S/C18H22N2O2.ClH/c1-12-4-5-14(13(2)10-12)6-9-18(21)20-17-11-15(22-3)7-8-16(17)19;/h4-5,7-8,10-11H,6,9,19H2,1-3H3,(H,20,21);1H. The van der Waals surface area contributed by atoms with Crippen molar-refractivity contribution in [1.29, 1.82) is 0 Å². The summed E-state index contributed by atoms with van der Waals surface area (Å²) in [6.45, 7) is 4.13. The van der Waals surface area contributed by atoms with E-state index in [0.717, 1.165) is 0 Å². The van der Waals surface area contributed by atoms with Gasteiger partial charge >= 0.3 is 0 Å². The van der Waals surface area contributed by atoms with Crippen molar-refractivity contribution in [2.75, 3.05) is 18.2 Å². The Morgan fingerprint density at radius 2 is 1.91 bits per heavy atom. The van der Waals surface area contributed by atoms with Crippen LogP contribution < -0.4 is 15.8 Å². The van der Waals surface area contributed by atoms with Gasteiger partial charge < -0.3 is 15.8 Å². The number of carbonyl (C=O) groups excluding carboxylic acids is 1. The summed E-state index contributed by atoms with van der Waals surface area (Å²) >= 11 is 0. The molecule has 0 aliphatic rings. The van der Waals surface area contributed by atoms with E-state index in [9.17, 15) is 4.79 Å². The number of nitrogen functional groups attached to an aromatic ring is 1. The fourth-order valence-corrected chi connectivity index (χ4v) is 2.36. The van der Waals surface area contributed by atoms with Gasteiger partial charge in [0.15, 0.2) is 0 Å². The molecule has 0 aromatic heterocycles. The number of halogens is 1. The van der Waals surface area contributed by atoms with E-state index < -0.39 is 0 Å². The Morgan fingerprint density at radius 3 is 2.57 bits per heavy atom. The van der Waals surface area contributed by atoms with Crippen molar-refractivity contribution in [2.24, 2.45) is 0 Å². The van der Waals surface area contributed by atoms with Crippen LogP contribution in [0, 0.1) is 13.8 Å². The molecule has 0 fully saturated rings. The number of nitrogens with two attached hydrogens (primary N) is 1. The summed E-state index contributed by atoms with van der Waals surface area (Å²) in [4.78, 5) is 12.1. The average molecular weight is 335 g/mol. The van der Waals surface area contributed by atoms with Gasteiger partial charge in [0.25, 0.3) is 0 Å². The molecule has 0 aliphatic heterocycles. The monoisotopic (exact) mass is 334 g/mol. The number of carbonyl (C=O) groups is 1. The van der Waals surface area contributed by atoms with E-state index in [0.29, 0.717) is 30.0 Å². The molecule has 0 atom stereocenters. The number of ether oxygens (including phenoxy) is 1. The molecule has 3 N–H and O–H groups in total. The second-order valence-corrected chi connectivity index (χ2v) is 5.43. The normalized spacial score (nSPS) is 9.87. The molecular formula is C18H23ClN2O2. The maximum absolute atomic E-state index is 12.1. The Hall–Kier alpha value is -2.20. The highest BCUT2D eigenvalue weighted by molar-refractivity contribution is 5.94. The lowest BCUT2D eigenvalue weighted by Crippen LogP contribution is -2.14. The van der Waals surface area contributed by atoms with Crippen molar-refractivity contribution in [3.05, 3.63) is 53.1 Å². The van der Waals surface area contributed by atoms with Crippen LogP contribution in [-0.2, 0) is 11.2 Å². The Balaban J connectivity index is 0.00000264. The molecule has 5 heteroatoms. The molecular weight excluding hydrogens is 312 g/mol. The van der Waals surface area contributed by atoms with Gasteiger partial charge in [-0.3, -0.25) is 4.79 Å². The van der Waals surface area contributed by atoms with E-state index in [1.165, 1.54) is 16.7 Å². The maximum atomic E-state index is 12.1. The molecule has 4 nitrogen and oxygen atoms in total. The fraction of sp³-hybridized carbons (Fsp3) is 0.278. The minimum absolute atomic E-state index is 0. The van der Waals surface area contributed by atoms with Gasteiger partial charge in [0.05, 0.1) is 18.5 Å². The molecule has 0 bridgehead atoms. The van der Waals surface area contributed by atoms with E-state index in [2.05, 4.69) is 37.4 Å². The Morgan fingerprint density at radius 1 is 1.17 bits per heavy atom. The van der Waals surface area contributed by atoms with Crippen LogP contribution in [0.1, 0.15) is 23.1 Å². The van der Waals surface area contributed by atoms with Gasteiger partial charge in [0, 0.05) is 12.5 Å². The van der Waals surface area contributed by atoms with Crippen molar-refractivity contribution in [3.8, 4) is 5.75 Å². The predicted octanol–water partition coefficient (Wildman–Crippen LogP) is 3.89. The zero-order valence-electron chi connectivity index (χ0n) is 13.7. The molecule has 0 spiro atoms. The summed E-state index contributed by atoms with van der Waals surface area (Å²) in [5.41, 5.74) is 10.6. The SMILES string of the molecule is COc1ccc(N)c(NC(=O)CCc2ccc(C)cc2C)c1.Cl. The summed E-state index contributed by atoms with van der Waals surface area (Å²) in [7, 11) is 1.58. The lowest BCUT2D eigenvalue weighted by Gasteiger charge is -2.11. The molecule has 0 radical (unpaired) electrons. The van der Waals surface area contributed by atoms with Crippen LogP contribution >= 0.6 is 12.4 Å². The Labute approximate surface area is 143 Å². The van der Waals surface area contributed by atoms with Crippen LogP contribution in [0.2, 0.25) is 0 Å². The van der Waals surface area contributed by atoms with Gasteiger partial charge in [-0.2, -0.15) is 0 Å². The van der Waals surface area contributed by atoms with Gasteiger partial charge in [0.1, 0.15) is 5.75 Å². The second kappa shape index (κ2) is 8.44. The molecule has 23 heavy (non-hydrogen) atoms. The number of rotatable bonds is 5. The fourth-order valence-electron chi connectivity index (χ4n) is 2.36. The average Bonchev–Trinajstić information content (AvgIpc) is 2.48. The van der Waals surface area contributed by atoms with Gasteiger partial charge in [0.2, 0.25) is 5.91 Å². The molecule has 2 rings (SSSR count). The summed E-state index contributed by atoms with van der Waals surface area (Å²) < 4.78 is 5.14. The van der Waals surface area contributed by atoms with Gasteiger partial charge in [-0.15, -0.1) is 12.4 Å². The van der Waals surface area contributed by atoms with Crippen LogP contribution in [0.4, 0.5) is 11.4 Å². The molecule has 0 heterocycles. The largest absolute Gasteiger partial charge is 0.497 e. The van der Waals surface area contributed by atoms with Crippen molar-refractivity contribution < 1.29 is 9.53 Å². The number of methoxy groups -OCH3 is 1. The molecule has 1 amide bonds. The number of amides is 1. The van der Waals surface area contributed by atoms with E-state index in [-0.39, 0.29) is 18.3 Å². The Kier molecular flexibility index (Phi) is 6.91. The van der Waals surface area contributed by atoms with E-state index in [1.807, 2.05) is 0 Å². The predicted molar refractivity (Wildman–Crippen MR) is 97.5 cm³/mol. The molecule has 2 aromatic rings. The molecule has 0 saturated carbocycles. The third-order valence-corrected chi connectivity index (χ3v) is 3.65. The van der Waals surface area contributed by atoms with Crippen LogP contribution in [0.3, 0.4) is 0 Å². The van der Waals surface area contributed by atoms with Crippen LogP contribution in [-0.4, -0.2) is 13.0 Å². The third-order valence-electron chi connectivity index (χ3n) is 3.65. The quantitative estimate of drug-likeness (QED) is 0.815. The Bertz CT molecular complexity index is 687. The maximum Gasteiger partial charge on any atom is 0.224 e. The van der Waals surface area contributed by atoms with E-state index in [4.69, 9.17) is 10.5 Å². The zero-order chi connectivity index (χ0) is 16.1. The smallest absolute Gasteiger partial charge is 0.224 e. The minimum atomic E-state index is -0.0556. The lowest BCUT2D eigenvalue weighted by atomic mass is 10.0. The molecule has 0 unspecified atom stereocenters. The van der Waals surface area contributed by atoms with E-state index in [1.54, 1.807) is 25.3 Å². The van der Waals surface area contributed by atoms with Crippen molar-refractivity contribution >= 4 is 29.7 Å². The van der Waals surface area contributed by atoms with Gasteiger partial charge in [-0.1, -0.05) is 23.8 Å². The number of hydrogen-bond donors (Lipinski definition) is 2. The second-order valence-electron chi connectivity index (χ2n) is 5.43. The summed E-state index contributed by atoms with van der Waals surface area (Å²) in [5.74, 6) is 0.610. The van der Waals surface area contributed by atoms with Crippen LogP contribution in [0.5, 0.6) is 5.75 Å². The third kappa shape index (κ3) is 5.18. The highest BCUT2D eigenvalue weighted by atomic mass is 35.5. The first-order valence-electron chi connectivity index (χ1n) is 7.29. The van der Waals surface area contributed by atoms with Crippen LogP contribution in [0.25, 0.3) is 0 Å². The molecule has 2 aromatic carbocycles. The van der Waals surface area contributed by atoms with Gasteiger partial charge in [-0.25, -0.2) is 0 Å². The molecule has 124 valence electrons. The minimum Gasteiger partial charge on any atom is -0.497 e.